The molecule has 2 heterocycles. The van der Waals surface area contributed by atoms with Crippen LogP contribution >= 0.6 is 36.2 Å². The number of amides is 1. The van der Waals surface area contributed by atoms with E-state index in [0.717, 1.165) is 37.7 Å². The molecule has 1 aromatic rings. The van der Waals surface area contributed by atoms with E-state index in [1.54, 1.807) is 0 Å². The number of piperazine rings is 1. The molecule has 1 aliphatic heterocycles. The molecular weight excluding hydrogens is 373 g/mol. The van der Waals surface area contributed by atoms with Gasteiger partial charge in [0.1, 0.15) is 5.01 Å². The molecule has 1 aliphatic carbocycles. The van der Waals surface area contributed by atoms with Crippen molar-refractivity contribution in [2.45, 2.75) is 25.9 Å². The second kappa shape index (κ2) is 9.84. The Hall–Kier alpha value is -0.510. The van der Waals surface area contributed by atoms with Crippen molar-refractivity contribution in [2.75, 3.05) is 44.6 Å². The Morgan fingerprint density at radius 1 is 1.25 bits per heavy atom. The molecule has 7 nitrogen and oxygen atoms in total. The topological polar surface area (TPSA) is 81.6 Å². The zero-order chi connectivity index (χ0) is 15.5. The summed E-state index contributed by atoms with van der Waals surface area (Å²) in [6.45, 7) is 6.57. The van der Waals surface area contributed by atoms with Crippen LogP contribution in [0.15, 0.2) is 0 Å². The molecule has 1 unspecified atom stereocenters. The van der Waals surface area contributed by atoms with E-state index in [1.807, 2.05) is 6.92 Å². The van der Waals surface area contributed by atoms with Crippen molar-refractivity contribution in [2.24, 2.45) is 5.92 Å². The zero-order valence-electron chi connectivity index (χ0n) is 13.7. The van der Waals surface area contributed by atoms with Crippen LogP contribution in [-0.4, -0.2) is 76.4 Å². The van der Waals surface area contributed by atoms with Crippen molar-refractivity contribution in [1.29, 1.82) is 0 Å². The highest BCUT2D eigenvalue weighted by molar-refractivity contribution is 7.15. The summed E-state index contributed by atoms with van der Waals surface area (Å²) < 4.78 is 0. The van der Waals surface area contributed by atoms with Gasteiger partial charge in [0.05, 0.1) is 12.6 Å². The normalized spacial score (nSPS) is 19.9. The van der Waals surface area contributed by atoms with Crippen molar-refractivity contribution in [3.8, 4) is 0 Å². The summed E-state index contributed by atoms with van der Waals surface area (Å²) >= 11 is 1.39. The lowest BCUT2D eigenvalue weighted by atomic mass is 10.2. The van der Waals surface area contributed by atoms with E-state index in [0.29, 0.717) is 17.6 Å². The molecule has 0 radical (unpaired) electrons. The lowest BCUT2D eigenvalue weighted by molar-refractivity contribution is -0.117. The van der Waals surface area contributed by atoms with Crippen LogP contribution in [-0.2, 0) is 4.79 Å². The molecule has 1 amide bonds. The lowest BCUT2D eigenvalue weighted by Crippen LogP contribution is -2.50. The third-order valence-electron chi connectivity index (χ3n) is 4.22. The van der Waals surface area contributed by atoms with Crippen LogP contribution in [0.4, 0.5) is 5.13 Å². The molecule has 0 aromatic carbocycles. The Labute approximate surface area is 158 Å². The van der Waals surface area contributed by atoms with Crippen LogP contribution in [0.2, 0.25) is 0 Å². The van der Waals surface area contributed by atoms with Gasteiger partial charge in [-0.15, -0.1) is 35.0 Å². The standard InChI is InChI=1S/C14H23N5O2S.2ClH/c1-10-16-17-14(22-10)15-13(21)9-19-6-4-18(5-7-19)8-12(20)11-2-3-11;;/h11-12,20H,2-9H2,1H3,(H,15,17,21);2*1H. The number of anilines is 1. The molecule has 24 heavy (non-hydrogen) atoms. The van der Waals surface area contributed by atoms with Crippen LogP contribution in [0, 0.1) is 12.8 Å². The second-order valence-corrected chi connectivity index (χ2v) is 7.34. The van der Waals surface area contributed by atoms with Gasteiger partial charge in [-0.3, -0.25) is 19.9 Å². The van der Waals surface area contributed by atoms with E-state index in [9.17, 15) is 9.90 Å². The fourth-order valence-electron chi connectivity index (χ4n) is 2.73. The number of aromatic nitrogens is 2. The molecule has 2 fully saturated rings. The zero-order valence-corrected chi connectivity index (χ0v) is 16.1. The smallest absolute Gasteiger partial charge is 0.240 e. The molecule has 1 atom stereocenters. The molecule has 2 aliphatic rings. The molecule has 10 heteroatoms. The predicted molar refractivity (Wildman–Crippen MR) is 99.4 cm³/mol. The van der Waals surface area contributed by atoms with Crippen LogP contribution < -0.4 is 5.32 Å². The first-order valence-corrected chi connectivity index (χ1v) is 8.64. The number of aryl methyl sites for hydroxylation is 1. The quantitative estimate of drug-likeness (QED) is 0.745. The fourth-order valence-corrected chi connectivity index (χ4v) is 3.34. The van der Waals surface area contributed by atoms with E-state index >= 15 is 0 Å². The van der Waals surface area contributed by atoms with Crippen molar-refractivity contribution in [3.63, 3.8) is 0 Å². The first kappa shape index (κ1) is 21.5. The van der Waals surface area contributed by atoms with Gasteiger partial charge in [-0.2, -0.15) is 0 Å². The Kier molecular flexibility index (Phi) is 8.83. The van der Waals surface area contributed by atoms with Crippen molar-refractivity contribution in [3.05, 3.63) is 5.01 Å². The first-order chi connectivity index (χ1) is 10.6. The molecule has 0 spiro atoms. The lowest BCUT2D eigenvalue weighted by Gasteiger charge is -2.35. The van der Waals surface area contributed by atoms with E-state index < -0.39 is 0 Å². The SMILES string of the molecule is Cc1nnc(NC(=O)CN2CCN(CC(O)C3CC3)CC2)s1.Cl.Cl. The number of hydrogen-bond donors (Lipinski definition) is 2. The molecule has 1 saturated heterocycles. The molecule has 3 rings (SSSR count). The van der Waals surface area contributed by atoms with Gasteiger partial charge in [0.2, 0.25) is 11.0 Å². The molecule has 138 valence electrons. The van der Waals surface area contributed by atoms with Crippen molar-refractivity contribution >= 4 is 47.2 Å². The Morgan fingerprint density at radius 2 is 1.88 bits per heavy atom. The monoisotopic (exact) mass is 397 g/mol. The van der Waals surface area contributed by atoms with Gasteiger partial charge in [0, 0.05) is 32.7 Å². The van der Waals surface area contributed by atoms with Crippen molar-refractivity contribution < 1.29 is 9.90 Å². The number of hydrogen-bond acceptors (Lipinski definition) is 7. The minimum atomic E-state index is -0.171. The van der Waals surface area contributed by atoms with E-state index in [2.05, 4.69) is 25.3 Å². The van der Waals surface area contributed by atoms with Crippen LogP contribution in [0.1, 0.15) is 17.8 Å². The summed E-state index contributed by atoms with van der Waals surface area (Å²) in [6.07, 6.45) is 2.18. The van der Waals surface area contributed by atoms with Crippen LogP contribution in [0.25, 0.3) is 0 Å². The van der Waals surface area contributed by atoms with Gasteiger partial charge in [-0.1, -0.05) is 11.3 Å². The maximum atomic E-state index is 12.0. The molecule has 0 bridgehead atoms. The Balaban J connectivity index is 0.00000144. The van der Waals surface area contributed by atoms with Gasteiger partial charge in [0.15, 0.2) is 0 Å². The molecular formula is C14H25Cl2N5O2S. The average Bonchev–Trinajstić information content (AvgIpc) is 3.25. The molecule has 2 N–H and O–H groups in total. The summed E-state index contributed by atoms with van der Waals surface area (Å²) in [6, 6.07) is 0. The highest BCUT2D eigenvalue weighted by Crippen LogP contribution is 2.32. The fraction of sp³-hybridized carbons (Fsp3) is 0.786. The Bertz CT molecular complexity index is 521. The molecule has 1 saturated carbocycles. The maximum Gasteiger partial charge on any atom is 0.240 e. The van der Waals surface area contributed by atoms with Crippen molar-refractivity contribution in [1.82, 2.24) is 20.0 Å². The summed E-state index contributed by atoms with van der Waals surface area (Å²) in [5.74, 6) is 0.488. The number of rotatable bonds is 6. The van der Waals surface area contributed by atoms with E-state index in [4.69, 9.17) is 0 Å². The largest absolute Gasteiger partial charge is 0.392 e. The van der Waals surface area contributed by atoms with Crippen LogP contribution in [0.5, 0.6) is 0 Å². The highest BCUT2D eigenvalue weighted by atomic mass is 35.5. The number of halogens is 2. The predicted octanol–water partition coefficient (Wildman–Crippen LogP) is 1.02. The van der Waals surface area contributed by atoms with Gasteiger partial charge in [0.25, 0.3) is 0 Å². The number of nitrogens with one attached hydrogen (secondary N) is 1. The summed E-state index contributed by atoms with van der Waals surface area (Å²) in [5.41, 5.74) is 0. The first-order valence-electron chi connectivity index (χ1n) is 7.83. The summed E-state index contributed by atoms with van der Waals surface area (Å²) in [5, 5.41) is 22.0. The average molecular weight is 398 g/mol. The number of nitrogens with zero attached hydrogens (tertiary/aromatic N) is 4. The minimum Gasteiger partial charge on any atom is -0.392 e. The molecule has 1 aromatic heterocycles. The van der Waals surface area contributed by atoms with E-state index in [1.165, 1.54) is 24.2 Å². The third-order valence-corrected chi connectivity index (χ3v) is 4.97. The number of aliphatic hydroxyl groups excluding tert-OH is 1. The maximum absolute atomic E-state index is 12.0. The number of carbonyl (C=O) groups is 1. The summed E-state index contributed by atoms with van der Waals surface area (Å²) in [7, 11) is 0. The van der Waals surface area contributed by atoms with Gasteiger partial charge < -0.3 is 5.11 Å². The number of aliphatic hydroxyl groups is 1. The van der Waals surface area contributed by atoms with Gasteiger partial charge in [-0.25, -0.2) is 0 Å². The van der Waals surface area contributed by atoms with Gasteiger partial charge >= 0.3 is 0 Å². The second-order valence-electron chi connectivity index (χ2n) is 6.16. The van der Waals surface area contributed by atoms with E-state index in [-0.39, 0.29) is 36.8 Å². The number of carbonyl (C=O) groups excluding carboxylic acids is 1. The van der Waals surface area contributed by atoms with Crippen LogP contribution in [0.3, 0.4) is 0 Å². The number of β-amino-alcohol motifs (C(OH)–C–C–N with tert-alkyl or cyclic N) is 1. The third kappa shape index (κ3) is 6.42. The summed E-state index contributed by atoms with van der Waals surface area (Å²) in [4.78, 5) is 16.4. The minimum absolute atomic E-state index is 0. The highest BCUT2D eigenvalue weighted by Gasteiger charge is 2.31. The van der Waals surface area contributed by atoms with Gasteiger partial charge in [-0.05, 0) is 25.7 Å². The Morgan fingerprint density at radius 3 is 2.42 bits per heavy atom.